The molecule has 1 aliphatic carbocycles. The first kappa shape index (κ1) is 22.7. The number of aromatic nitrogens is 6. The van der Waals surface area contributed by atoms with Gasteiger partial charge in [-0.15, -0.1) is 10.2 Å². The van der Waals surface area contributed by atoms with Crippen LogP contribution in [0.4, 0.5) is 13.2 Å². The van der Waals surface area contributed by atoms with Gasteiger partial charge in [0.15, 0.2) is 0 Å². The number of hydrogen-bond donors (Lipinski definition) is 0. The first-order chi connectivity index (χ1) is 17.3. The van der Waals surface area contributed by atoms with Crippen LogP contribution in [-0.2, 0) is 13.2 Å². The first-order valence-electron chi connectivity index (χ1n) is 11.5. The summed E-state index contributed by atoms with van der Waals surface area (Å²) in [5.41, 5.74) is 1.52. The zero-order valence-corrected chi connectivity index (χ0v) is 20.0. The number of imidazole rings is 1. The van der Waals surface area contributed by atoms with E-state index < -0.39 is 17.4 Å². The molecule has 4 aromatic heterocycles. The molecule has 0 aliphatic heterocycles. The highest BCUT2D eigenvalue weighted by Gasteiger charge is 2.35. The Labute approximate surface area is 207 Å². The van der Waals surface area contributed by atoms with Crippen LogP contribution in [0.1, 0.15) is 42.1 Å². The lowest BCUT2D eigenvalue weighted by molar-refractivity contribution is -0.136. The van der Waals surface area contributed by atoms with E-state index in [0.717, 1.165) is 52.2 Å². The third-order valence-corrected chi connectivity index (χ3v) is 7.58. The van der Waals surface area contributed by atoms with Crippen LogP contribution in [0, 0.1) is 5.92 Å². The molecule has 1 aliphatic rings. The predicted octanol–water partition coefficient (Wildman–Crippen LogP) is 5.29. The van der Waals surface area contributed by atoms with Crippen LogP contribution >= 0.6 is 11.5 Å². The lowest BCUT2D eigenvalue weighted by atomic mass is 9.72. The molecule has 0 radical (unpaired) electrons. The van der Waals surface area contributed by atoms with E-state index in [-0.39, 0.29) is 11.4 Å². The van der Waals surface area contributed by atoms with E-state index in [0.29, 0.717) is 11.6 Å². The van der Waals surface area contributed by atoms with Gasteiger partial charge in [-0.3, -0.25) is 8.97 Å². The normalized spacial score (nSPS) is 15.3. The highest BCUT2D eigenvalue weighted by molar-refractivity contribution is 7.03. The highest BCUT2D eigenvalue weighted by atomic mass is 32.1. The average molecular weight is 511 g/mol. The molecular weight excluding hydrogens is 489 g/mol. The Kier molecular flexibility index (Phi) is 5.32. The number of benzene rings is 1. The molecule has 6 rings (SSSR count). The van der Waals surface area contributed by atoms with Crippen molar-refractivity contribution in [2.24, 2.45) is 13.0 Å². The van der Waals surface area contributed by atoms with Crippen LogP contribution in [0.3, 0.4) is 0 Å². The van der Waals surface area contributed by atoms with Gasteiger partial charge in [-0.05, 0) is 65.7 Å². The Balaban J connectivity index is 1.59. The van der Waals surface area contributed by atoms with Crippen molar-refractivity contribution in [2.75, 3.05) is 0 Å². The smallest absolute Gasteiger partial charge is 0.320 e. The van der Waals surface area contributed by atoms with E-state index in [1.54, 1.807) is 12.5 Å². The molecule has 184 valence electrons. The van der Waals surface area contributed by atoms with E-state index in [9.17, 15) is 18.0 Å². The van der Waals surface area contributed by atoms with Crippen LogP contribution in [0.5, 0.6) is 0 Å². The molecule has 5 aromatic rings. The summed E-state index contributed by atoms with van der Waals surface area (Å²) in [6, 6.07) is 7.98. The number of aryl methyl sites for hydroxylation is 1. The monoisotopic (exact) mass is 510 g/mol. The third-order valence-electron chi connectivity index (χ3n) is 6.99. The van der Waals surface area contributed by atoms with Crippen LogP contribution in [0.15, 0.2) is 65.4 Å². The lowest BCUT2D eigenvalue weighted by Crippen LogP contribution is -2.24. The summed E-state index contributed by atoms with van der Waals surface area (Å²) in [5.74, 6) is 1.12. The summed E-state index contributed by atoms with van der Waals surface area (Å²) in [4.78, 5) is 13.3. The standard InChI is InChI=1S/C25H21F3N6OS/c1-32-14-29-31-23(32)22(15-4-2-5-15)17-8-16(18-11-30-36-13-18)9-19(10-17)34-12-21-20(25(26,27)28)6-3-7-33(21)24(34)35/h3,6-15,22H,2,4-5H2,1H3. The Bertz CT molecular complexity index is 1610. The van der Waals surface area contributed by atoms with Crippen molar-refractivity contribution in [1.29, 1.82) is 0 Å². The Hall–Kier alpha value is -3.73. The van der Waals surface area contributed by atoms with Gasteiger partial charge < -0.3 is 4.57 Å². The number of nitrogens with zero attached hydrogens (tertiary/aromatic N) is 6. The molecule has 11 heteroatoms. The molecule has 1 atom stereocenters. The zero-order chi connectivity index (χ0) is 25.0. The van der Waals surface area contributed by atoms with E-state index in [1.807, 2.05) is 29.1 Å². The number of hydrogen-bond acceptors (Lipinski definition) is 5. The van der Waals surface area contributed by atoms with Crippen molar-refractivity contribution in [3.8, 4) is 16.8 Å². The molecule has 0 amide bonds. The summed E-state index contributed by atoms with van der Waals surface area (Å²) < 4.78 is 49.4. The average Bonchev–Trinajstić information content (AvgIpc) is 3.56. The minimum atomic E-state index is -4.58. The van der Waals surface area contributed by atoms with E-state index in [4.69, 9.17) is 0 Å². The first-order valence-corrected chi connectivity index (χ1v) is 12.3. The summed E-state index contributed by atoms with van der Waals surface area (Å²) in [6.07, 6.45) is 4.66. The van der Waals surface area contributed by atoms with Gasteiger partial charge in [0.05, 0.1) is 16.8 Å². The quantitative estimate of drug-likeness (QED) is 0.322. The maximum atomic E-state index is 13.7. The van der Waals surface area contributed by atoms with Gasteiger partial charge in [0.2, 0.25) is 0 Å². The van der Waals surface area contributed by atoms with E-state index in [2.05, 4.69) is 20.6 Å². The summed E-state index contributed by atoms with van der Waals surface area (Å²) in [5, 5.41) is 10.4. The van der Waals surface area contributed by atoms with Gasteiger partial charge in [0.1, 0.15) is 12.2 Å². The Morgan fingerprint density at radius 1 is 1.17 bits per heavy atom. The van der Waals surface area contributed by atoms with E-state index in [1.165, 1.54) is 34.6 Å². The van der Waals surface area contributed by atoms with Crippen molar-refractivity contribution in [1.82, 2.24) is 28.1 Å². The van der Waals surface area contributed by atoms with Crippen molar-refractivity contribution in [2.45, 2.75) is 31.4 Å². The molecule has 1 aromatic carbocycles. The summed E-state index contributed by atoms with van der Waals surface area (Å²) in [7, 11) is 1.90. The molecule has 0 spiro atoms. The van der Waals surface area contributed by atoms with Gasteiger partial charge in [-0.2, -0.15) is 13.2 Å². The van der Waals surface area contributed by atoms with E-state index >= 15 is 0 Å². The van der Waals surface area contributed by atoms with Crippen LogP contribution in [0.25, 0.3) is 22.3 Å². The SMILES string of the molecule is Cn1cnnc1C(c1cc(-c2cnsc2)cc(-n2cc3c(C(F)(F)F)cccn3c2=O)c1)C1CCC1. The second-order valence-corrected chi connectivity index (χ2v) is 9.81. The second-order valence-electron chi connectivity index (χ2n) is 9.15. The molecule has 1 fully saturated rings. The van der Waals surface area contributed by atoms with Crippen LogP contribution < -0.4 is 5.69 Å². The van der Waals surface area contributed by atoms with Gasteiger partial charge in [0.25, 0.3) is 0 Å². The van der Waals surface area contributed by atoms with Gasteiger partial charge in [-0.1, -0.05) is 12.5 Å². The van der Waals surface area contributed by atoms with Gasteiger partial charge >= 0.3 is 11.9 Å². The molecular formula is C25H21F3N6OS. The van der Waals surface area contributed by atoms with Crippen LogP contribution in [-0.4, -0.2) is 28.1 Å². The van der Waals surface area contributed by atoms with Crippen molar-refractivity contribution >= 4 is 17.0 Å². The maximum absolute atomic E-state index is 13.7. The fourth-order valence-electron chi connectivity index (χ4n) is 4.98. The minimum absolute atomic E-state index is 0.0602. The fourth-order valence-corrected chi connectivity index (χ4v) is 5.53. The molecule has 0 saturated heterocycles. The van der Waals surface area contributed by atoms with Crippen molar-refractivity contribution < 1.29 is 13.2 Å². The topological polar surface area (TPSA) is 70.0 Å². The second kappa shape index (κ2) is 8.44. The zero-order valence-electron chi connectivity index (χ0n) is 19.2. The number of fused-ring (bicyclic) bond motifs is 1. The molecule has 7 nitrogen and oxygen atoms in total. The van der Waals surface area contributed by atoms with Crippen molar-refractivity contribution in [3.63, 3.8) is 0 Å². The lowest BCUT2D eigenvalue weighted by Gasteiger charge is -2.33. The van der Waals surface area contributed by atoms with Gasteiger partial charge in [-0.25, -0.2) is 9.17 Å². The third kappa shape index (κ3) is 3.74. The fraction of sp³-hybridized carbons (Fsp3) is 0.280. The number of halogens is 3. The molecule has 4 heterocycles. The molecule has 1 unspecified atom stereocenters. The molecule has 0 N–H and O–H groups in total. The molecule has 1 saturated carbocycles. The van der Waals surface area contributed by atoms with Crippen LogP contribution in [0.2, 0.25) is 0 Å². The Morgan fingerprint density at radius 3 is 2.64 bits per heavy atom. The maximum Gasteiger partial charge on any atom is 0.418 e. The molecule has 36 heavy (non-hydrogen) atoms. The summed E-state index contributed by atoms with van der Waals surface area (Å²) >= 11 is 1.31. The minimum Gasteiger partial charge on any atom is -0.320 e. The summed E-state index contributed by atoms with van der Waals surface area (Å²) in [6.45, 7) is 0. The number of rotatable bonds is 5. The van der Waals surface area contributed by atoms with Gasteiger partial charge in [0, 0.05) is 42.5 Å². The number of alkyl halides is 3. The predicted molar refractivity (Wildman–Crippen MR) is 129 cm³/mol. The molecule has 0 bridgehead atoms. The highest BCUT2D eigenvalue weighted by Crippen LogP contribution is 2.44. The Morgan fingerprint density at radius 2 is 2.00 bits per heavy atom. The largest absolute Gasteiger partial charge is 0.418 e. The van der Waals surface area contributed by atoms with Crippen molar-refractivity contribution in [3.05, 3.63) is 88.1 Å². The number of pyridine rings is 1.